The van der Waals surface area contributed by atoms with Crippen LogP contribution >= 0.6 is 11.8 Å². The number of nitrogens with zero attached hydrogens (tertiary/aromatic N) is 2. The molecule has 0 aliphatic heterocycles. The Hall–Kier alpha value is -1.14. The van der Waals surface area contributed by atoms with E-state index in [-0.39, 0.29) is 0 Å². The van der Waals surface area contributed by atoms with Crippen LogP contribution < -0.4 is 5.32 Å². The molecule has 17 heavy (non-hydrogen) atoms. The molecule has 1 aliphatic carbocycles. The Bertz CT molecular complexity index is 397. The lowest BCUT2D eigenvalue weighted by Gasteiger charge is -2.25. The van der Waals surface area contributed by atoms with Gasteiger partial charge in [-0.3, -0.25) is 10.1 Å². The van der Waals surface area contributed by atoms with E-state index in [1.807, 2.05) is 0 Å². The Labute approximate surface area is 104 Å². The van der Waals surface area contributed by atoms with E-state index in [2.05, 4.69) is 15.3 Å². The van der Waals surface area contributed by atoms with Crippen molar-refractivity contribution in [2.45, 2.75) is 36.4 Å². The van der Waals surface area contributed by atoms with Gasteiger partial charge in [-0.1, -0.05) is 0 Å². The highest BCUT2D eigenvalue weighted by atomic mass is 32.2. The first-order valence-corrected chi connectivity index (χ1v) is 6.49. The second-order valence-electron chi connectivity index (χ2n) is 4.39. The quantitative estimate of drug-likeness (QED) is 0.585. The maximum absolute atomic E-state index is 11.3. The van der Waals surface area contributed by atoms with Gasteiger partial charge in [0.15, 0.2) is 0 Å². The minimum atomic E-state index is -0.892. The Morgan fingerprint density at radius 2 is 2.47 bits per heavy atom. The predicted molar refractivity (Wildman–Crippen MR) is 65.0 cm³/mol. The normalized spacial score (nSPS) is 18.6. The van der Waals surface area contributed by atoms with Crippen molar-refractivity contribution in [2.24, 2.45) is 0 Å². The highest BCUT2D eigenvalue weighted by Crippen LogP contribution is 2.26. The summed E-state index contributed by atoms with van der Waals surface area (Å²) < 4.78 is 0. The summed E-state index contributed by atoms with van der Waals surface area (Å²) in [6.45, 7) is 1.72. The molecule has 1 atom stereocenters. The van der Waals surface area contributed by atoms with Gasteiger partial charge in [0.05, 0.1) is 5.03 Å². The summed E-state index contributed by atoms with van der Waals surface area (Å²) in [4.78, 5) is 19.2. The van der Waals surface area contributed by atoms with Gasteiger partial charge < -0.3 is 5.11 Å². The minimum absolute atomic E-state index is 0.363. The maximum Gasteiger partial charge on any atom is 0.324 e. The molecule has 0 saturated heterocycles. The highest BCUT2D eigenvalue weighted by molar-refractivity contribution is 7.99. The van der Waals surface area contributed by atoms with Crippen LogP contribution in [0.15, 0.2) is 23.6 Å². The molecule has 0 spiro atoms. The van der Waals surface area contributed by atoms with E-state index in [9.17, 15) is 9.90 Å². The molecule has 92 valence electrons. The van der Waals surface area contributed by atoms with Gasteiger partial charge in [-0.2, -0.15) is 0 Å². The summed E-state index contributed by atoms with van der Waals surface area (Å²) in [6, 6.07) is 2.14. The SMILES string of the molecule is CC(CSc1ccncn1)(NC1CC1)C(=O)O. The average molecular weight is 253 g/mol. The molecule has 1 fully saturated rings. The molecule has 1 aromatic rings. The van der Waals surface area contributed by atoms with Crippen LogP contribution in [-0.2, 0) is 4.79 Å². The Kier molecular flexibility index (Phi) is 3.63. The van der Waals surface area contributed by atoms with Crippen molar-refractivity contribution in [1.29, 1.82) is 0 Å². The molecule has 1 heterocycles. The standard InChI is InChI=1S/C11H15N3O2S/c1-11(10(15)16,14-8-2-3-8)6-17-9-4-5-12-7-13-9/h4-5,7-8,14H,2-3,6H2,1H3,(H,15,16). The van der Waals surface area contributed by atoms with Gasteiger partial charge in [-0.15, -0.1) is 11.8 Å². The third kappa shape index (κ3) is 3.41. The lowest BCUT2D eigenvalue weighted by atomic mass is 10.1. The number of hydrogen-bond donors (Lipinski definition) is 2. The van der Waals surface area contributed by atoms with E-state index < -0.39 is 11.5 Å². The Balaban J connectivity index is 1.95. The van der Waals surface area contributed by atoms with Crippen molar-refractivity contribution in [1.82, 2.24) is 15.3 Å². The summed E-state index contributed by atoms with van der Waals surface area (Å²) in [7, 11) is 0. The molecule has 0 bridgehead atoms. The van der Waals surface area contributed by atoms with Crippen LogP contribution in [0, 0.1) is 0 Å². The van der Waals surface area contributed by atoms with E-state index in [1.165, 1.54) is 18.1 Å². The molecule has 1 aromatic heterocycles. The van der Waals surface area contributed by atoms with E-state index >= 15 is 0 Å². The first-order valence-electron chi connectivity index (χ1n) is 5.50. The summed E-state index contributed by atoms with van der Waals surface area (Å²) >= 11 is 1.43. The smallest absolute Gasteiger partial charge is 0.324 e. The predicted octanol–water partition coefficient (Wildman–Crippen LogP) is 1.16. The number of thioether (sulfide) groups is 1. The fourth-order valence-corrected chi connectivity index (χ4v) is 2.35. The summed E-state index contributed by atoms with van der Waals surface area (Å²) in [5.41, 5.74) is -0.892. The topological polar surface area (TPSA) is 75.1 Å². The van der Waals surface area contributed by atoms with E-state index in [1.54, 1.807) is 19.2 Å². The molecule has 0 radical (unpaired) electrons. The molecular weight excluding hydrogens is 238 g/mol. The van der Waals surface area contributed by atoms with Gasteiger partial charge in [0, 0.05) is 18.0 Å². The van der Waals surface area contributed by atoms with Crippen LogP contribution in [0.5, 0.6) is 0 Å². The first kappa shape index (κ1) is 12.3. The largest absolute Gasteiger partial charge is 0.480 e. The second kappa shape index (κ2) is 5.01. The summed E-state index contributed by atoms with van der Waals surface area (Å²) in [6.07, 6.45) is 5.26. The average Bonchev–Trinajstić information content (AvgIpc) is 3.11. The molecule has 1 unspecified atom stereocenters. The van der Waals surface area contributed by atoms with Crippen LogP contribution in [0.4, 0.5) is 0 Å². The number of carboxylic acids is 1. The maximum atomic E-state index is 11.3. The molecule has 5 nitrogen and oxygen atoms in total. The number of nitrogens with one attached hydrogen (secondary N) is 1. The van der Waals surface area contributed by atoms with Gasteiger partial charge in [0.2, 0.25) is 0 Å². The Morgan fingerprint density at radius 1 is 1.71 bits per heavy atom. The van der Waals surface area contributed by atoms with Crippen LogP contribution in [0.2, 0.25) is 0 Å². The highest BCUT2D eigenvalue weighted by Gasteiger charge is 2.38. The monoisotopic (exact) mass is 253 g/mol. The zero-order chi connectivity index (χ0) is 12.3. The molecule has 2 rings (SSSR count). The molecule has 0 amide bonds. The number of aromatic nitrogens is 2. The molecular formula is C11H15N3O2S. The van der Waals surface area contributed by atoms with E-state index in [0.29, 0.717) is 11.8 Å². The van der Waals surface area contributed by atoms with Crippen molar-refractivity contribution in [3.63, 3.8) is 0 Å². The van der Waals surface area contributed by atoms with Crippen LogP contribution in [0.3, 0.4) is 0 Å². The number of rotatable bonds is 6. The van der Waals surface area contributed by atoms with Gasteiger partial charge in [-0.05, 0) is 25.8 Å². The van der Waals surface area contributed by atoms with E-state index in [0.717, 1.165) is 17.9 Å². The molecule has 1 aliphatic rings. The lowest BCUT2D eigenvalue weighted by Crippen LogP contribution is -2.52. The van der Waals surface area contributed by atoms with Crippen LogP contribution in [0.25, 0.3) is 0 Å². The minimum Gasteiger partial charge on any atom is -0.480 e. The van der Waals surface area contributed by atoms with Crippen LogP contribution in [-0.4, -0.2) is 38.4 Å². The number of carbonyl (C=O) groups is 1. The fraction of sp³-hybridized carbons (Fsp3) is 0.545. The zero-order valence-electron chi connectivity index (χ0n) is 9.59. The third-order valence-electron chi connectivity index (χ3n) is 2.64. The van der Waals surface area contributed by atoms with Crippen molar-refractivity contribution < 1.29 is 9.90 Å². The Morgan fingerprint density at radius 3 is 3.00 bits per heavy atom. The lowest BCUT2D eigenvalue weighted by molar-refractivity contribution is -0.143. The number of carboxylic acid groups (broad SMARTS) is 1. The molecule has 0 aromatic carbocycles. The summed E-state index contributed by atoms with van der Waals surface area (Å²) in [5.74, 6) is -0.360. The summed E-state index contributed by atoms with van der Waals surface area (Å²) in [5, 5.41) is 13.2. The number of hydrogen-bond acceptors (Lipinski definition) is 5. The fourth-order valence-electron chi connectivity index (χ4n) is 1.43. The molecule has 6 heteroatoms. The van der Waals surface area contributed by atoms with Crippen molar-refractivity contribution in [3.8, 4) is 0 Å². The van der Waals surface area contributed by atoms with Gasteiger partial charge in [-0.25, -0.2) is 9.97 Å². The van der Waals surface area contributed by atoms with Crippen molar-refractivity contribution >= 4 is 17.7 Å². The van der Waals surface area contributed by atoms with Gasteiger partial charge in [0.25, 0.3) is 0 Å². The van der Waals surface area contributed by atoms with Crippen molar-refractivity contribution in [2.75, 3.05) is 5.75 Å². The van der Waals surface area contributed by atoms with Gasteiger partial charge >= 0.3 is 5.97 Å². The number of aliphatic carboxylic acids is 1. The molecule has 2 N–H and O–H groups in total. The third-order valence-corrected chi connectivity index (χ3v) is 3.89. The van der Waals surface area contributed by atoms with Crippen molar-refractivity contribution in [3.05, 3.63) is 18.6 Å². The first-order chi connectivity index (χ1) is 8.10. The van der Waals surface area contributed by atoms with Gasteiger partial charge in [0.1, 0.15) is 11.9 Å². The van der Waals surface area contributed by atoms with Crippen LogP contribution in [0.1, 0.15) is 19.8 Å². The second-order valence-corrected chi connectivity index (χ2v) is 5.39. The van der Waals surface area contributed by atoms with E-state index in [4.69, 9.17) is 0 Å². The zero-order valence-corrected chi connectivity index (χ0v) is 10.4. The molecule has 1 saturated carbocycles.